The fourth-order valence-corrected chi connectivity index (χ4v) is 1.59. The van der Waals surface area contributed by atoms with Crippen molar-refractivity contribution < 1.29 is 9.13 Å². The van der Waals surface area contributed by atoms with Gasteiger partial charge in [0.1, 0.15) is 0 Å². The zero-order chi connectivity index (χ0) is 9.31. The van der Waals surface area contributed by atoms with Crippen molar-refractivity contribution in [3.8, 4) is 0 Å². The van der Waals surface area contributed by atoms with E-state index in [1.165, 1.54) is 0 Å². The minimum absolute atomic E-state index is 0.149. The SMILES string of the molecule is Nc1cccc(C2(F)CCOC2)c1. The van der Waals surface area contributed by atoms with Crippen molar-refractivity contribution in [1.82, 2.24) is 0 Å². The lowest BCUT2D eigenvalue weighted by Crippen LogP contribution is -2.19. The van der Waals surface area contributed by atoms with Crippen LogP contribution in [0.3, 0.4) is 0 Å². The van der Waals surface area contributed by atoms with Crippen LogP contribution >= 0.6 is 0 Å². The number of benzene rings is 1. The van der Waals surface area contributed by atoms with E-state index in [-0.39, 0.29) is 6.61 Å². The molecule has 0 radical (unpaired) electrons. The molecule has 1 atom stereocenters. The molecular weight excluding hydrogens is 169 g/mol. The van der Waals surface area contributed by atoms with Crippen molar-refractivity contribution in [3.63, 3.8) is 0 Å². The molecule has 70 valence electrons. The highest BCUT2D eigenvalue weighted by Crippen LogP contribution is 2.35. The lowest BCUT2D eigenvalue weighted by atomic mass is 9.95. The van der Waals surface area contributed by atoms with Crippen LogP contribution in [0, 0.1) is 0 Å². The van der Waals surface area contributed by atoms with Crippen molar-refractivity contribution in [1.29, 1.82) is 0 Å². The van der Waals surface area contributed by atoms with Gasteiger partial charge in [-0.05, 0) is 17.7 Å². The maximum absolute atomic E-state index is 14.0. The lowest BCUT2D eigenvalue weighted by molar-refractivity contribution is 0.112. The Morgan fingerprint density at radius 2 is 2.31 bits per heavy atom. The van der Waals surface area contributed by atoms with E-state index in [1.54, 1.807) is 24.3 Å². The van der Waals surface area contributed by atoms with Gasteiger partial charge in [-0.25, -0.2) is 4.39 Å². The Bertz CT molecular complexity index is 308. The summed E-state index contributed by atoms with van der Waals surface area (Å²) in [5, 5.41) is 0. The van der Waals surface area contributed by atoms with Crippen LogP contribution in [-0.4, -0.2) is 13.2 Å². The molecule has 0 aliphatic carbocycles. The van der Waals surface area contributed by atoms with Crippen LogP contribution < -0.4 is 5.73 Å². The molecular formula is C10H12FNO. The number of rotatable bonds is 1. The fourth-order valence-electron chi connectivity index (χ4n) is 1.59. The minimum atomic E-state index is -1.32. The molecule has 1 heterocycles. The van der Waals surface area contributed by atoms with Crippen molar-refractivity contribution in [2.24, 2.45) is 0 Å². The third-order valence-corrected chi connectivity index (χ3v) is 2.38. The van der Waals surface area contributed by atoms with Gasteiger partial charge in [-0.2, -0.15) is 0 Å². The second kappa shape index (κ2) is 3.00. The van der Waals surface area contributed by atoms with Crippen molar-refractivity contribution in [2.45, 2.75) is 12.1 Å². The molecule has 0 spiro atoms. The first-order valence-corrected chi connectivity index (χ1v) is 4.33. The predicted molar refractivity (Wildman–Crippen MR) is 49.1 cm³/mol. The molecule has 0 bridgehead atoms. The Hall–Kier alpha value is -1.09. The summed E-state index contributed by atoms with van der Waals surface area (Å²) < 4.78 is 19.1. The Kier molecular flexibility index (Phi) is 1.96. The summed E-state index contributed by atoms with van der Waals surface area (Å²) in [6, 6.07) is 6.95. The zero-order valence-electron chi connectivity index (χ0n) is 7.29. The van der Waals surface area contributed by atoms with Crippen LogP contribution in [0.1, 0.15) is 12.0 Å². The maximum atomic E-state index is 14.0. The molecule has 13 heavy (non-hydrogen) atoms. The molecule has 1 fully saturated rings. The van der Waals surface area contributed by atoms with Gasteiger partial charge in [-0.1, -0.05) is 12.1 Å². The molecule has 2 nitrogen and oxygen atoms in total. The molecule has 1 unspecified atom stereocenters. The Morgan fingerprint density at radius 1 is 1.46 bits per heavy atom. The van der Waals surface area contributed by atoms with Gasteiger partial charge in [-0.3, -0.25) is 0 Å². The van der Waals surface area contributed by atoms with E-state index in [0.29, 0.717) is 24.3 Å². The third-order valence-electron chi connectivity index (χ3n) is 2.38. The monoisotopic (exact) mass is 181 g/mol. The van der Waals surface area contributed by atoms with Crippen LogP contribution in [0.4, 0.5) is 10.1 Å². The van der Waals surface area contributed by atoms with Crippen LogP contribution in [0.15, 0.2) is 24.3 Å². The standard InChI is InChI=1S/C10H12FNO/c11-10(4-5-13-7-10)8-2-1-3-9(12)6-8/h1-3,6H,4-5,7,12H2. The first-order chi connectivity index (χ1) is 6.21. The number of ether oxygens (including phenoxy) is 1. The van der Waals surface area contributed by atoms with Gasteiger partial charge in [0.25, 0.3) is 0 Å². The summed E-state index contributed by atoms with van der Waals surface area (Å²) in [7, 11) is 0. The minimum Gasteiger partial charge on any atom is -0.399 e. The average molecular weight is 181 g/mol. The van der Waals surface area contributed by atoms with Crippen LogP contribution in [0.5, 0.6) is 0 Å². The van der Waals surface area contributed by atoms with Gasteiger partial charge >= 0.3 is 0 Å². The topological polar surface area (TPSA) is 35.2 Å². The van der Waals surface area contributed by atoms with Gasteiger partial charge in [0.05, 0.1) is 13.2 Å². The van der Waals surface area contributed by atoms with Crippen molar-refractivity contribution in [3.05, 3.63) is 29.8 Å². The van der Waals surface area contributed by atoms with Gasteiger partial charge in [0.2, 0.25) is 0 Å². The van der Waals surface area contributed by atoms with Gasteiger partial charge < -0.3 is 10.5 Å². The highest BCUT2D eigenvalue weighted by Gasteiger charge is 2.36. The van der Waals surface area contributed by atoms with Gasteiger partial charge in [0, 0.05) is 12.1 Å². The summed E-state index contributed by atoms with van der Waals surface area (Å²) >= 11 is 0. The first kappa shape index (κ1) is 8.51. The number of halogens is 1. The Morgan fingerprint density at radius 3 is 2.92 bits per heavy atom. The molecule has 1 aromatic carbocycles. The van der Waals surface area contributed by atoms with Crippen molar-refractivity contribution >= 4 is 5.69 Å². The second-order valence-corrected chi connectivity index (χ2v) is 3.39. The molecule has 2 rings (SSSR count). The number of hydrogen-bond acceptors (Lipinski definition) is 2. The van der Waals surface area contributed by atoms with Gasteiger partial charge in [-0.15, -0.1) is 0 Å². The summed E-state index contributed by atoms with van der Waals surface area (Å²) in [4.78, 5) is 0. The molecule has 0 aromatic heterocycles. The predicted octanol–water partition coefficient (Wildman–Crippen LogP) is 1.85. The molecule has 1 aromatic rings. The van der Waals surface area contributed by atoms with Gasteiger partial charge in [0.15, 0.2) is 5.67 Å². The number of alkyl halides is 1. The van der Waals surface area contributed by atoms with Crippen LogP contribution in [-0.2, 0) is 10.4 Å². The summed E-state index contributed by atoms with van der Waals surface area (Å²) in [5.41, 5.74) is 5.48. The normalized spacial score (nSPS) is 27.8. The quantitative estimate of drug-likeness (QED) is 0.671. The number of nitrogens with two attached hydrogens (primary N) is 1. The lowest BCUT2D eigenvalue weighted by Gasteiger charge is -2.17. The summed E-state index contributed by atoms with van der Waals surface area (Å²) in [6.45, 7) is 0.641. The summed E-state index contributed by atoms with van der Waals surface area (Å²) in [6.07, 6.45) is 0.427. The van der Waals surface area contributed by atoms with E-state index in [2.05, 4.69) is 0 Å². The number of anilines is 1. The molecule has 2 N–H and O–H groups in total. The summed E-state index contributed by atoms with van der Waals surface area (Å²) in [5.74, 6) is 0. The third kappa shape index (κ3) is 1.52. The maximum Gasteiger partial charge on any atom is 0.161 e. The van der Waals surface area contributed by atoms with Crippen LogP contribution in [0.25, 0.3) is 0 Å². The second-order valence-electron chi connectivity index (χ2n) is 3.39. The average Bonchev–Trinajstić information content (AvgIpc) is 2.54. The highest BCUT2D eigenvalue weighted by molar-refractivity contribution is 5.42. The van der Waals surface area contributed by atoms with E-state index in [4.69, 9.17) is 10.5 Å². The molecule has 1 saturated heterocycles. The van der Waals surface area contributed by atoms with E-state index in [0.717, 1.165) is 0 Å². The highest BCUT2D eigenvalue weighted by atomic mass is 19.1. The van der Waals surface area contributed by atoms with E-state index >= 15 is 0 Å². The number of hydrogen-bond donors (Lipinski definition) is 1. The number of nitrogen functional groups attached to an aromatic ring is 1. The van der Waals surface area contributed by atoms with Crippen molar-refractivity contribution in [2.75, 3.05) is 18.9 Å². The van der Waals surface area contributed by atoms with E-state index < -0.39 is 5.67 Å². The Labute approximate surface area is 76.5 Å². The zero-order valence-corrected chi connectivity index (χ0v) is 7.29. The molecule has 1 aliphatic heterocycles. The van der Waals surface area contributed by atoms with E-state index in [9.17, 15) is 4.39 Å². The fraction of sp³-hybridized carbons (Fsp3) is 0.400. The largest absolute Gasteiger partial charge is 0.399 e. The molecule has 0 saturated carbocycles. The molecule has 3 heteroatoms. The first-order valence-electron chi connectivity index (χ1n) is 4.33. The van der Waals surface area contributed by atoms with E-state index in [1.807, 2.05) is 0 Å². The molecule has 0 amide bonds. The smallest absolute Gasteiger partial charge is 0.161 e. The Balaban J connectivity index is 2.33. The van der Waals surface area contributed by atoms with Crippen LogP contribution in [0.2, 0.25) is 0 Å². The molecule has 1 aliphatic rings.